The second-order valence-corrected chi connectivity index (χ2v) is 3.53. The van der Waals surface area contributed by atoms with Gasteiger partial charge in [-0.15, -0.1) is 0 Å². The molecule has 0 aliphatic heterocycles. The molecule has 0 aliphatic carbocycles. The van der Waals surface area contributed by atoms with E-state index in [1.54, 1.807) is 29.3 Å². The smallest absolute Gasteiger partial charge is 0.259 e. The molecule has 0 aromatic carbocycles. The first kappa shape index (κ1) is 9.59. The normalized spacial score (nSPS) is 10.6. The molecule has 3 aromatic rings. The Morgan fingerprint density at radius 2 is 2.29 bits per heavy atom. The van der Waals surface area contributed by atoms with Gasteiger partial charge >= 0.3 is 0 Å². The summed E-state index contributed by atoms with van der Waals surface area (Å²) in [4.78, 5) is 12.0. The van der Waals surface area contributed by atoms with Crippen molar-refractivity contribution in [1.82, 2.24) is 19.8 Å². The lowest BCUT2D eigenvalue weighted by Gasteiger charge is -1.99. The summed E-state index contributed by atoms with van der Waals surface area (Å²) in [6.45, 7) is 0. The number of carbonyl (C=O) groups excluding carboxylic acids is 1. The lowest BCUT2D eigenvalue weighted by molar-refractivity contribution is 0.102. The van der Waals surface area contributed by atoms with Gasteiger partial charge in [-0.2, -0.15) is 10.2 Å². The first-order chi connectivity index (χ1) is 8.34. The van der Waals surface area contributed by atoms with Gasteiger partial charge in [0.15, 0.2) is 0 Å². The summed E-state index contributed by atoms with van der Waals surface area (Å²) in [7, 11) is 0. The van der Waals surface area contributed by atoms with Crippen LogP contribution in [0.15, 0.2) is 43.0 Å². The van der Waals surface area contributed by atoms with Crippen LogP contribution in [0.5, 0.6) is 0 Å². The van der Waals surface area contributed by atoms with Gasteiger partial charge in [0.05, 0.1) is 29.2 Å². The maximum Gasteiger partial charge on any atom is 0.259 e. The maximum absolute atomic E-state index is 12.0. The van der Waals surface area contributed by atoms with Gasteiger partial charge in [0.2, 0.25) is 0 Å². The minimum Gasteiger partial charge on any atom is -0.319 e. The van der Waals surface area contributed by atoms with Crippen LogP contribution in [0.1, 0.15) is 10.4 Å². The van der Waals surface area contributed by atoms with Crippen LogP contribution < -0.4 is 5.32 Å². The molecule has 0 fully saturated rings. The molecule has 3 heterocycles. The number of aromatic amines is 1. The third-order valence-corrected chi connectivity index (χ3v) is 2.43. The Labute approximate surface area is 96.3 Å². The summed E-state index contributed by atoms with van der Waals surface area (Å²) in [6.07, 6.45) is 6.50. The molecule has 0 saturated carbocycles. The van der Waals surface area contributed by atoms with E-state index in [4.69, 9.17) is 0 Å². The van der Waals surface area contributed by atoms with E-state index in [1.165, 1.54) is 0 Å². The molecule has 3 rings (SSSR count). The number of fused-ring (bicyclic) bond motifs is 1. The van der Waals surface area contributed by atoms with Gasteiger partial charge in [-0.3, -0.25) is 9.89 Å². The summed E-state index contributed by atoms with van der Waals surface area (Å²) in [5.41, 5.74) is 1.94. The molecular formula is C11H9N5O. The molecule has 0 atom stereocenters. The third kappa shape index (κ3) is 1.65. The molecule has 0 spiro atoms. The van der Waals surface area contributed by atoms with Crippen LogP contribution in [0, 0.1) is 0 Å². The number of hydrogen-bond donors (Lipinski definition) is 2. The number of hydrogen-bond acceptors (Lipinski definition) is 3. The molecule has 17 heavy (non-hydrogen) atoms. The van der Waals surface area contributed by atoms with Crippen LogP contribution in [-0.2, 0) is 0 Å². The molecule has 6 heteroatoms. The first-order valence-electron chi connectivity index (χ1n) is 5.07. The average Bonchev–Trinajstić information content (AvgIpc) is 2.96. The minimum absolute atomic E-state index is 0.201. The van der Waals surface area contributed by atoms with Crippen molar-refractivity contribution < 1.29 is 4.79 Å². The Balaban J connectivity index is 1.96. The van der Waals surface area contributed by atoms with Crippen molar-refractivity contribution in [2.24, 2.45) is 0 Å². The number of amides is 1. The van der Waals surface area contributed by atoms with Crippen LogP contribution in [0.25, 0.3) is 5.52 Å². The molecule has 0 saturated heterocycles. The molecule has 3 aromatic heterocycles. The molecule has 84 valence electrons. The lowest BCUT2D eigenvalue weighted by atomic mass is 10.2. The van der Waals surface area contributed by atoms with Crippen molar-refractivity contribution in [3.63, 3.8) is 0 Å². The first-order valence-corrected chi connectivity index (χ1v) is 5.07. The Bertz CT molecular complexity index is 655. The maximum atomic E-state index is 12.0. The number of pyridine rings is 1. The highest BCUT2D eigenvalue weighted by atomic mass is 16.1. The van der Waals surface area contributed by atoms with E-state index in [0.717, 1.165) is 5.52 Å². The van der Waals surface area contributed by atoms with Crippen molar-refractivity contribution in [3.05, 3.63) is 48.5 Å². The second kappa shape index (κ2) is 3.75. The van der Waals surface area contributed by atoms with Gasteiger partial charge in [0.25, 0.3) is 5.91 Å². The third-order valence-electron chi connectivity index (χ3n) is 2.43. The van der Waals surface area contributed by atoms with E-state index >= 15 is 0 Å². The summed E-state index contributed by atoms with van der Waals surface area (Å²) in [5, 5.41) is 13.2. The predicted octanol–water partition coefficient (Wildman–Crippen LogP) is 1.31. The predicted molar refractivity (Wildman–Crippen MR) is 61.7 cm³/mol. The molecule has 0 bridgehead atoms. The Hall–Kier alpha value is -2.63. The van der Waals surface area contributed by atoms with E-state index in [1.807, 2.05) is 18.2 Å². The fourth-order valence-corrected chi connectivity index (χ4v) is 1.63. The SMILES string of the molecule is O=C(Nc1cn[nH]c1)c1cnn2ccccc12. The summed E-state index contributed by atoms with van der Waals surface area (Å²) >= 11 is 0. The van der Waals surface area contributed by atoms with Gasteiger partial charge < -0.3 is 5.32 Å². The molecule has 6 nitrogen and oxygen atoms in total. The zero-order valence-electron chi connectivity index (χ0n) is 8.79. The van der Waals surface area contributed by atoms with E-state index in [2.05, 4.69) is 20.6 Å². The highest BCUT2D eigenvalue weighted by Gasteiger charge is 2.12. The topological polar surface area (TPSA) is 75.1 Å². The van der Waals surface area contributed by atoms with E-state index in [9.17, 15) is 4.79 Å². The van der Waals surface area contributed by atoms with E-state index in [0.29, 0.717) is 11.3 Å². The number of nitrogens with zero attached hydrogens (tertiary/aromatic N) is 3. The monoisotopic (exact) mass is 227 g/mol. The van der Waals surface area contributed by atoms with Crippen LogP contribution >= 0.6 is 0 Å². The number of aromatic nitrogens is 4. The zero-order valence-corrected chi connectivity index (χ0v) is 8.79. The minimum atomic E-state index is -0.201. The number of H-pyrrole nitrogens is 1. The van der Waals surface area contributed by atoms with Gasteiger partial charge in [0.1, 0.15) is 0 Å². The van der Waals surface area contributed by atoms with Crippen LogP contribution in [0.4, 0.5) is 5.69 Å². The summed E-state index contributed by atoms with van der Waals surface area (Å²) in [6, 6.07) is 5.57. The summed E-state index contributed by atoms with van der Waals surface area (Å²) in [5.74, 6) is -0.201. The van der Waals surface area contributed by atoms with Crippen LogP contribution in [-0.4, -0.2) is 25.7 Å². The van der Waals surface area contributed by atoms with Crippen molar-refractivity contribution in [3.8, 4) is 0 Å². The van der Waals surface area contributed by atoms with Gasteiger partial charge in [-0.05, 0) is 12.1 Å². The van der Waals surface area contributed by atoms with Gasteiger partial charge in [0, 0.05) is 12.4 Å². The molecule has 2 N–H and O–H groups in total. The molecule has 0 unspecified atom stereocenters. The zero-order chi connectivity index (χ0) is 11.7. The quantitative estimate of drug-likeness (QED) is 0.693. The highest BCUT2D eigenvalue weighted by Crippen LogP contribution is 2.12. The van der Waals surface area contributed by atoms with Crippen molar-refractivity contribution in [2.45, 2.75) is 0 Å². The fraction of sp³-hybridized carbons (Fsp3) is 0. The molecule has 0 radical (unpaired) electrons. The molecule has 0 aliphatic rings. The fourth-order valence-electron chi connectivity index (χ4n) is 1.63. The average molecular weight is 227 g/mol. The van der Waals surface area contributed by atoms with Gasteiger partial charge in [-0.1, -0.05) is 6.07 Å². The summed E-state index contributed by atoms with van der Waals surface area (Å²) < 4.78 is 1.66. The molecular weight excluding hydrogens is 218 g/mol. The number of carbonyl (C=O) groups is 1. The number of nitrogens with one attached hydrogen (secondary N) is 2. The standard InChI is InChI=1S/C11H9N5O/c17-11(15-8-5-12-13-6-8)9-7-14-16-4-2-1-3-10(9)16/h1-7H,(H,12,13)(H,15,17). The number of rotatable bonds is 2. The second-order valence-electron chi connectivity index (χ2n) is 3.53. The highest BCUT2D eigenvalue weighted by molar-refractivity contribution is 6.08. The van der Waals surface area contributed by atoms with Crippen LogP contribution in [0.2, 0.25) is 0 Å². The van der Waals surface area contributed by atoms with Crippen LogP contribution in [0.3, 0.4) is 0 Å². The van der Waals surface area contributed by atoms with Crippen molar-refractivity contribution in [2.75, 3.05) is 5.32 Å². The van der Waals surface area contributed by atoms with Gasteiger partial charge in [-0.25, -0.2) is 4.52 Å². The number of anilines is 1. The molecule has 1 amide bonds. The van der Waals surface area contributed by atoms with E-state index in [-0.39, 0.29) is 5.91 Å². The van der Waals surface area contributed by atoms with Crippen molar-refractivity contribution in [1.29, 1.82) is 0 Å². The Morgan fingerprint density at radius 3 is 3.12 bits per heavy atom. The van der Waals surface area contributed by atoms with Crippen molar-refractivity contribution >= 4 is 17.1 Å². The Kier molecular flexibility index (Phi) is 2.11. The van der Waals surface area contributed by atoms with E-state index < -0.39 is 0 Å². The lowest BCUT2D eigenvalue weighted by Crippen LogP contribution is -2.10. The largest absolute Gasteiger partial charge is 0.319 e. The Morgan fingerprint density at radius 1 is 1.35 bits per heavy atom.